The second kappa shape index (κ2) is 5.63. The van der Waals surface area contributed by atoms with Crippen molar-refractivity contribution < 1.29 is 14.5 Å². The minimum atomic E-state index is -0.637. The maximum Gasteiger partial charge on any atom is 0.338 e. The van der Waals surface area contributed by atoms with Crippen molar-refractivity contribution in [2.45, 2.75) is 26.4 Å². The molecule has 0 bridgehead atoms. The Morgan fingerprint density at radius 2 is 2.24 bits per heavy atom. The molecule has 1 aromatic rings. The van der Waals surface area contributed by atoms with Crippen molar-refractivity contribution >= 4 is 23.3 Å². The van der Waals surface area contributed by atoms with Gasteiger partial charge in [0, 0.05) is 6.07 Å². The summed E-state index contributed by atoms with van der Waals surface area (Å²) in [6.07, 6.45) is 0.457. The first-order valence-corrected chi connectivity index (χ1v) is 5.48. The van der Waals surface area contributed by atoms with Crippen LogP contribution in [-0.4, -0.2) is 17.0 Å². The fourth-order valence-electron chi connectivity index (χ4n) is 1.11. The maximum atomic E-state index is 11.6. The average molecular weight is 258 g/mol. The van der Waals surface area contributed by atoms with Crippen LogP contribution >= 0.6 is 11.6 Å². The van der Waals surface area contributed by atoms with Gasteiger partial charge in [0.2, 0.25) is 0 Å². The molecular formula is C11H12ClNO4. The first kappa shape index (κ1) is 13.4. The van der Waals surface area contributed by atoms with Crippen LogP contribution in [-0.2, 0) is 4.74 Å². The third-order valence-electron chi connectivity index (χ3n) is 2.26. The second-order valence-electron chi connectivity index (χ2n) is 3.55. The zero-order valence-electron chi connectivity index (χ0n) is 9.47. The Balaban J connectivity index is 2.96. The number of nitro benzene ring substituents is 1. The minimum absolute atomic E-state index is 0.00455. The summed E-state index contributed by atoms with van der Waals surface area (Å²) in [4.78, 5) is 21.6. The van der Waals surface area contributed by atoms with Gasteiger partial charge in [0.15, 0.2) is 0 Å². The molecule has 5 nitrogen and oxygen atoms in total. The van der Waals surface area contributed by atoms with Gasteiger partial charge in [-0.3, -0.25) is 10.1 Å². The van der Waals surface area contributed by atoms with Crippen molar-refractivity contribution in [1.29, 1.82) is 0 Å². The van der Waals surface area contributed by atoms with E-state index in [1.54, 1.807) is 6.92 Å². The van der Waals surface area contributed by atoms with Gasteiger partial charge in [-0.15, -0.1) is 0 Å². The second-order valence-corrected chi connectivity index (χ2v) is 3.95. The van der Waals surface area contributed by atoms with Crippen LogP contribution < -0.4 is 0 Å². The van der Waals surface area contributed by atoms with Gasteiger partial charge in [0.05, 0.1) is 16.6 Å². The molecule has 1 rings (SSSR count). The molecule has 1 aromatic carbocycles. The quantitative estimate of drug-likeness (QED) is 0.472. The first-order chi connectivity index (χ1) is 7.95. The summed E-state index contributed by atoms with van der Waals surface area (Å²) >= 11 is 5.64. The van der Waals surface area contributed by atoms with Crippen molar-refractivity contribution in [2.75, 3.05) is 0 Å². The SMILES string of the molecule is CCC(C)OC(=O)c1ccc(Cl)c([N+](=O)[O-])c1. The number of nitrogens with zero attached hydrogens (tertiary/aromatic N) is 1. The van der Waals surface area contributed by atoms with E-state index in [1.807, 2.05) is 6.92 Å². The lowest BCUT2D eigenvalue weighted by Crippen LogP contribution is -2.14. The molecule has 0 N–H and O–H groups in total. The molecule has 0 saturated carbocycles. The third-order valence-corrected chi connectivity index (χ3v) is 2.58. The molecule has 6 heteroatoms. The van der Waals surface area contributed by atoms with E-state index < -0.39 is 10.9 Å². The van der Waals surface area contributed by atoms with Gasteiger partial charge in [-0.25, -0.2) is 4.79 Å². The molecule has 0 amide bonds. The third kappa shape index (κ3) is 3.42. The lowest BCUT2D eigenvalue weighted by molar-refractivity contribution is -0.384. The van der Waals surface area contributed by atoms with Crippen LogP contribution in [0, 0.1) is 10.1 Å². The number of halogens is 1. The maximum absolute atomic E-state index is 11.6. The van der Waals surface area contributed by atoms with Crippen molar-refractivity contribution in [2.24, 2.45) is 0 Å². The van der Waals surface area contributed by atoms with Crippen molar-refractivity contribution in [3.8, 4) is 0 Å². The summed E-state index contributed by atoms with van der Waals surface area (Å²) in [7, 11) is 0. The number of esters is 1. The van der Waals surface area contributed by atoms with Crippen LogP contribution in [0.1, 0.15) is 30.6 Å². The van der Waals surface area contributed by atoms with E-state index in [2.05, 4.69) is 0 Å². The summed E-state index contributed by atoms with van der Waals surface area (Å²) < 4.78 is 5.06. The molecule has 1 unspecified atom stereocenters. The van der Waals surface area contributed by atoms with Gasteiger partial charge in [0.1, 0.15) is 5.02 Å². The summed E-state index contributed by atoms with van der Waals surface area (Å²) in [5.41, 5.74) is -0.174. The predicted molar refractivity (Wildman–Crippen MR) is 63.3 cm³/mol. The van der Waals surface area contributed by atoms with Gasteiger partial charge >= 0.3 is 5.97 Å². The molecule has 0 spiro atoms. The summed E-state index contributed by atoms with van der Waals surface area (Å²) in [6.45, 7) is 3.63. The molecule has 0 aliphatic rings. The number of ether oxygens (including phenoxy) is 1. The highest BCUT2D eigenvalue weighted by Crippen LogP contribution is 2.25. The molecule has 1 atom stereocenters. The number of nitro groups is 1. The van der Waals surface area contributed by atoms with Gasteiger partial charge in [-0.2, -0.15) is 0 Å². The molecule has 0 fully saturated rings. The highest BCUT2D eigenvalue weighted by atomic mass is 35.5. The average Bonchev–Trinajstić information content (AvgIpc) is 2.28. The molecule has 17 heavy (non-hydrogen) atoms. The zero-order valence-corrected chi connectivity index (χ0v) is 10.2. The van der Waals surface area contributed by atoms with Crippen LogP contribution in [0.25, 0.3) is 0 Å². The molecule has 92 valence electrons. The smallest absolute Gasteiger partial charge is 0.338 e. The number of carbonyl (C=O) groups excluding carboxylic acids is 1. The molecule has 0 heterocycles. The molecule has 0 aliphatic heterocycles. The van der Waals surface area contributed by atoms with Crippen LogP contribution in [0.15, 0.2) is 18.2 Å². The van der Waals surface area contributed by atoms with E-state index in [1.165, 1.54) is 12.1 Å². The molecule has 0 radical (unpaired) electrons. The number of benzene rings is 1. The molecule has 0 aliphatic carbocycles. The van der Waals surface area contributed by atoms with Gasteiger partial charge in [-0.1, -0.05) is 18.5 Å². The fourth-order valence-corrected chi connectivity index (χ4v) is 1.30. The van der Waals surface area contributed by atoms with Crippen LogP contribution in [0.3, 0.4) is 0 Å². The first-order valence-electron chi connectivity index (χ1n) is 5.10. The van der Waals surface area contributed by atoms with Crippen LogP contribution in [0.5, 0.6) is 0 Å². The van der Waals surface area contributed by atoms with Crippen LogP contribution in [0.2, 0.25) is 5.02 Å². The van der Waals surface area contributed by atoms with Crippen LogP contribution in [0.4, 0.5) is 5.69 Å². The normalized spacial score (nSPS) is 11.9. The molecule has 0 saturated heterocycles. The Morgan fingerprint density at radius 1 is 1.59 bits per heavy atom. The zero-order chi connectivity index (χ0) is 13.0. The monoisotopic (exact) mass is 257 g/mol. The van der Waals surface area contributed by atoms with E-state index in [-0.39, 0.29) is 22.4 Å². The Hall–Kier alpha value is -1.62. The van der Waals surface area contributed by atoms with Gasteiger partial charge in [-0.05, 0) is 25.5 Å². The predicted octanol–water partition coefficient (Wildman–Crippen LogP) is 3.20. The Morgan fingerprint density at radius 3 is 2.76 bits per heavy atom. The Bertz CT molecular complexity index is 447. The Labute approximate surface area is 103 Å². The highest BCUT2D eigenvalue weighted by Gasteiger charge is 2.18. The highest BCUT2D eigenvalue weighted by molar-refractivity contribution is 6.32. The lowest BCUT2D eigenvalue weighted by Gasteiger charge is -2.10. The standard InChI is InChI=1S/C11H12ClNO4/c1-3-7(2)17-11(14)8-4-5-9(12)10(6-8)13(15)16/h4-7H,3H2,1-2H3. The lowest BCUT2D eigenvalue weighted by atomic mass is 10.2. The molecule has 0 aromatic heterocycles. The van der Waals surface area contributed by atoms with Crippen molar-refractivity contribution in [3.05, 3.63) is 38.9 Å². The van der Waals surface area contributed by atoms with E-state index in [0.717, 1.165) is 6.07 Å². The summed E-state index contributed by atoms with van der Waals surface area (Å²) in [6, 6.07) is 3.83. The number of carbonyl (C=O) groups is 1. The van der Waals surface area contributed by atoms with E-state index >= 15 is 0 Å². The number of hydrogen-bond acceptors (Lipinski definition) is 4. The summed E-state index contributed by atoms with van der Waals surface area (Å²) in [5.74, 6) is -0.584. The minimum Gasteiger partial charge on any atom is -0.459 e. The largest absolute Gasteiger partial charge is 0.459 e. The van der Waals surface area contributed by atoms with Crippen molar-refractivity contribution in [1.82, 2.24) is 0 Å². The van der Waals surface area contributed by atoms with Gasteiger partial charge < -0.3 is 4.74 Å². The van der Waals surface area contributed by atoms with E-state index in [9.17, 15) is 14.9 Å². The number of rotatable bonds is 4. The van der Waals surface area contributed by atoms with Gasteiger partial charge in [0.25, 0.3) is 5.69 Å². The molecular weight excluding hydrogens is 246 g/mol. The fraction of sp³-hybridized carbons (Fsp3) is 0.364. The number of hydrogen-bond donors (Lipinski definition) is 0. The topological polar surface area (TPSA) is 69.4 Å². The Kier molecular flexibility index (Phi) is 4.45. The van der Waals surface area contributed by atoms with E-state index in [0.29, 0.717) is 6.42 Å². The summed E-state index contributed by atoms with van der Waals surface area (Å²) in [5, 5.41) is 10.6. The van der Waals surface area contributed by atoms with E-state index in [4.69, 9.17) is 16.3 Å². The van der Waals surface area contributed by atoms with Crippen molar-refractivity contribution in [3.63, 3.8) is 0 Å².